The van der Waals surface area contributed by atoms with Crippen LogP contribution in [0.4, 0.5) is 4.39 Å². The van der Waals surface area contributed by atoms with Crippen molar-refractivity contribution in [1.29, 1.82) is 0 Å². The maximum atomic E-state index is 13.6. The van der Waals surface area contributed by atoms with Gasteiger partial charge >= 0.3 is 29.6 Å². The van der Waals surface area contributed by atoms with Crippen LogP contribution in [-0.2, 0) is 4.79 Å². The number of carboxylic acids is 1. The molecule has 0 spiro atoms. The molecule has 170 valence electrons. The van der Waals surface area contributed by atoms with E-state index >= 15 is 0 Å². The predicted octanol–water partition coefficient (Wildman–Crippen LogP) is 0.391. The van der Waals surface area contributed by atoms with Crippen LogP contribution >= 0.6 is 0 Å². The molecule has 0 radical (unpaired) electrons. The first-order valence-corrected chi connectivity index (χ1v) is 10.8. The van der Waals surface area contributed by atoms with Gasteiger partial charge in [0.15, 0.2) is 0 Å². The molecule has 0 fully saturated rings. The number of benzene rings is 2. The number of aliphatic carboxylic acids is 1. The minimum Gasteiger partial charge on any atom is -0.550 e. The molecule has 0 amide bonds. The molecule has 2 aromatic rings. The maximum Gasteiger partial charge on any atom is 1.00 e. The smallest absolute Gasteiger partial charge is 0.550 e. The Morgan fingerprint density at radius 1 is 1.12 bits per heavy atom. The van der Waals surface area contributed by atoms with E-state index in [9.17, 15) is 24.5 Å². The van der Waals surface area contributed by atoms with Crippen LogP contribution < -0.4 is 39.4 Å². The molecule has 2 atom stereocenters. The normalized spacial score (nSPS) is 16.5. The van der Waals surface area contributed by atoms with Crippen molar-refractivity contribution in [2.75, 3.05) is 0 Å². The minimum atomic E-state index is -1.37. The van der Waals surface area contributed by atoms with Crippen molar-refractivity contribution >= 4 is 11.5 Å². The number of carboxylic acid groups (broad SMARTS) is 1. The number of hydrogen-bond donors (Lipinski definition) is 2. The van der Waals surface area contributed by atoms with Crippen LogP contribution in [-0.4, -0.2) is 34.0 Å². The zero-order chi connectivity index (χ0) is 23.3. The summed E-state index contributed by atoms with van der Waals surface area (Å²) in [5, 5.41) is 30.9. The summed E-state index contributed by atoms with van der Waals surface area (Å²) in [4.78, 5) is 10.7. The van der Waals surface area contributed by atoms with Crippen LogP contribution in [0.25, 0.3) is 5.57 Å². The van der Waals surface area contributed by atoms with Gasteiger partial charge in [-0.05, 0) is 42.2 Å². The van der Waals surface area contributed by atoms with Crippen LogP contribution in [0.5, 0.6) is 5.75 Å². The Kier molecular flexibility index (Phi) is 9.88. The molecule has 0 saturated carbocycles. The minimum absolute atomic E-state index is 0. The number of halogens is 1. The monoisotopic (exact) mass is 462 g/mol. The summed E-state index contributed by atoms with van der Waals surface area (Å²) in [5.74, 6) is -0.970. The second-order valence-corrected chi connectivity index (χ2v) is 7.99. The number of rotatable bonds is 9. The van der Waals surface area contributed by atoms with E-state index < -0.39 is 30.2 Å². The van der Waals surface area contributed by atoms with Gasteiger partial charge in [0.1, 0.15) is 17.2 Å². The summed E-state index contributed by atoms with van der Waals surface area (Å²) in [6, 6.07) is 13.9. The Morgan fingerprint density at radius 3 is 2.36 bits per heavy atom. The van der Waals surface area contributed by atoms with Gasteiger partial charge in [-0.15, -0.1) is 0 Å². The number of aliphatic hydroxyl groups excluding tert-OH is 2. The van der Waals surface area contributed by atoms with Crippen molar-refractivity contribution in [2.24, 2.45) is 0 Å². The summed E-state index contributed by atoms with van der Waals surface area (Å²) in [5.41, 5.74) is 2.73. The Hall–Kier alpha value is -1.96. The third-order valence-corrected chi connectivity index (χ3v) is 5.90. The number of ether oxygens (including phenoxy) is 1. The number of carbonyl (C=O) groups excluding carboxylic acids is 1. The van der Waals surface area contributed by atoms with Gasteiger partial charge in [0, 0.05) is 29.9 Å². The number of carbonyl (C=O) groups is 1. The fourth-order valence-corrected chi connectivity index (χ4v) is 4.18. The zero-order valence-corrected chi connectivity index (χ0v) is 21.3. The number of para-hydroxylation sites is 1. The summed E-state index contributed by atoms with van der Waals surface area (Å²) >= 11 is 0. The quantitative estimate of drug-likeness (QED) is 0.527. The van der Waals surface area contributed by atoms with Gasteiger partial charge < -0.3 is 24.9 Å². The van der Waals surface area contributed by atoms with E-state index in [1.807, 2.05) is 38.1 Å². The zero-order valence-electron chi connectivity index (χ0n) is 19.3. The molecule has 5 nitrogen and oxygen atoms in total. The first kappa shape index (κ1) is 27.3. The van der Waals surface area contributed by atoms with Gasteiger partial charge in [0.05, 0.1) is 12.2 Å². The van der Waals surface area contributed by atoms with Gasteiger partial charge in [-0.25, -0.2) is 4.39 Å². The molecule has 3 rings (SSSR count). The largest absolute Gasteiger partial charge is 1.00 e. The molecule has 1 heterocycles. The third kappa shape index (κ3) is 6.34. The predicted molar refractivity (Wildman–Crippen MR) is 118 cm³/mol. The molecule has 2 N–H and O–H groups in total. The fraction of sp³-hybridized carbons (Fsp3) is 0.346. The van der Waals surface area contributed by atoms with Gasteiger partial charge in [-0.3, -0.25) is 0 Å². The molecule has 33 heavy (non-hydrogen) atoms. The number of aliphatic hydroxyl groups is 2. The van der Waals surface area contributed by atoms with Crippen molar-refractivity contribution in [3.63, 3.8) is 0 Å². The Bertz CT molecular complexity index is 1010. The molecular weight excluding hydrogens is 434 g/mol. The number of fused-ring (bicyclic) bond motifs is 1. The van der Waals surface area contributed by atoms with Crippen molar-refractivity contribution < 1.29 is 58.8 Å². The van der Waals surface area contributed by atoms with Crippen LogP contribution in [0.15, 0.2) is 66.3 Å². The van der Waals surface area contributed by atoms with Gasteiger partial charge in [0.2, 0.25) is 0 Å². The molecular formula is C26H28FNaO5. The van der Waals surface area contributed by atoms with Crippen LogP contribution in [0, 0.1) is 5.82 Å². The second kappa shape index (κ2) is 12.0. The molecule has 7 heteroatoms. The Morgan fingerprint density at radius 2 is 1.76 bits per heavy atom. The summed E-state index contributed by atoms with van der Waals surface area (Å²) in [6.07, 6.45) is 1.68. The molecule has 0 saturated heterocycles. The van der Waals surface area contributed by atoms with E-state index in [4.69, 9.17) is 4.74 Å². The van der Waals surface area contributed by atoms with Crippen molar-refractivity contribution in [1.82, 2.24) is 0 Å². The van der Waals surface area contributed by atoms with Gasteiger partial charge in [-0.1, -0.05) is 56.3 Å². The maximum absolute atomic E-state index is 13.6. The standard InChI is InChI=1S/C26H29FO5.Na/c1-3-26(4-2)22(14-13-19(28)15-20(29)16-24(30)31)25(17-9-11-18(27)12-10-17)21-7-5-6-8-23(21)32-26;/h5-14,19-20,28-29H,3-4,15-16H2,1-2H3,(H,30,31);/q;+1/p-1/b14-13+;/t19-,20-;/m1./s1. The van der Waals surface area contributed by atoms with E-state index in [1.165, 1.54) is 18.2 Å². The van der Waals surface area contributed by atoms with Crippen molar-refractivity contribution in [2.45, 2.75) is 57.3 Å². The van der Waals surface area contributed by atoms with E-state index in [1.54, 1.807) is 18.2 Å². The van der Waals surface area contributed by atoms with Crippen LogP contribution in [0.2, 0.25) is 0 Å². The first-order chi connectivity index (χ1) is 15.3. The van der Waals surface area contributed by atoms with E-state index in [0.717, 1.165) is 28.0 Å². The van der Waals surface area contributed by atoms with E-state index in [0.29, 0.717) is 12.8 Å². The average Bonchev–Trinajstić information content (AvgIpc) is 2.76. The number of hydrogen-bond acceptors (Lipinski definition) is 5. The summed E-state index contributed by atoms with van der Waals surface area (Å²) < 4.78 is 20.1. The first-order valence-electron chi connectivity index (χ1n) is 10.8. The molecule has 1 aliphatic heterocycles. The molecule has 0 bridgehead atoms. The van der Waals surface area contributed by atoms with E-state index in [2.05, 4.69) is 0 Å². The van der Waals surface area contributed by atoms with Crippen LogP contribution in [0.1, 0.15) is 50.7 Å². The van der Waals surface area contributed by atoms with Gasteiger partial charge in [-0.2, -0.15) is 0 Å². The van der Waals surface area contributed by atoms with Crippen molar-refractivity contribution in [3.8, 4) is 5.75 Å². The van der Waals surface area contributed by atoms with Gasteiger partial charge in [0.25, 0.3) is 0 Å². The molecule has 1 aliphatic rings. The Balaban J connectivity index is 0.00000385. The van der Waals surface area contributed by atoms with E-state index in [-0.39, 0.29) is 41.8 Å². The summed E-state index contributed by atoms with van der Waals surface area (Å²) in [6.45, 7) is 4.04. The third-order valence-electron chi connectivity index (χ3n) is 5.90. The topological polar surface area (TPSA) is 89.8 Å². The average molecular weight is 462 g/mol. The molecule has 0 aromatic heterocycles. The Labute approximate surface area is 215 Å². The molecule has 2 aromatic carbocycles. The fourth-order valence-electron chi connectivity index (χ4n) is 4.18. The SMILES string of the molecule is CCC1(CC)Oc2ccccc2C(c2ccc(F)cc2)=C1/C=C/[C@@H](O)C[C@@H](O)CC(=O)[O-].[Na+]. The molecule has 0 unspecified atom stereocenters. The molecule has 0 aliphatic carbocycles. The summed E-state index contributed by atoms with van der Waals surface area (Å²) in [7, 11) is 0. The van der Waals surface area contributed by atoms with Crippen molar-refractivity contribution in [3.05, 3.63) is 83.2 Å². The van der Waals surface area contributed by atoms with Crippen LogP contribution in [0.3, 0.4) is 0 Å². The second-order valence-electron chi connectivity index (χ2n) is 7.99.